The van der Waals surface area contributed by atoms with E-state index >= 15 is 0 Å². The van der Waals surface area contributed by atoms with Crippen LogP contribution in [0, 0.1) is 5.92 Å². The Bertz CT molecular complexity index is 540. The number of nitrogens with zero attached hydrogens (tertiary/aromatic N) is 1. The van der Waals surface area contributed by atoms with Crippen LogP contribution < -0.4 is 5.32 Å². The van der Waals surface area contributed by atoms with Gasteiger partial charge in [-0.2, -0.15) is 0 Å². The minimum absolute atomic E-state index is 0.00581. The van der Waals surface area contributed by atoms with Crippen LogP contribution in [0.15, 0.2) is 30.3 Å². The number of piperidine rings is 1. The zero-order chi connectivity index (χ0) is 16.1. The second kappa shape index (κ2) is 7.59. The minimum atomic E-state index is -0.409. The third-order valence-corrected chi connectivity index (χ3v) is 4.68. The second-order valence-electron chi connectivity index (χ2n) is 6.33. The molecule has 2 aliphatic rings. The first-order valence-corrected chi connectivity index (χ1v) is 8.47. The van der Waals surface area contributed by atoms with Crippen LogP contribution in [0.2, 0.25) is 0 Å². The second-order valence-corrected chi connectivity index (χ2v) is 6.33. The van der Waals surface area contributed by atoms with Crippen molar-refractivity contribution in [2.24, 2.45) is 5.92 Å². The molecule has 0 aliphatic carbocycles. The van der Waals surface area contributed by atoms with E-state index in [0.717, 1.165) is 37.9 Å². The Kier molecular flexibility index (Phi) is 5.28. The standard InChI is InChI=1S/C18H24N2O3/c21-17(15-8-4-10-19-12-15)20-11-5-9-16(20)18(22)23-13-14-6-2-1-3-7-14/h1-3,6-7,15-16,19H,4-5,8-13H2. The molecular formula is C18H24N2O3. The number of hydrogen-bond acceptors (Lipinski definition) is 4. The first-order valence-electron chi connectivity index (χ1n) is 8.47. The Balaban J connectivity index is 1.57. The number of rotatable bonds is 4. The van der Waals surface area contributed by atoms with E-state index < -0.39 is 6.04 Å². The number of carbonyl (C=O) groups is 2. The Morgan fingerprint density at radius 2 is 2.00 bits per heavy atom. The fraction of sp³-hybridized carbons (Fsp3) is 0.556. The predicted octanol–water partition coefficient (Wildman–Crippen LogP) is 1.72. The molecule has 0 saturated carbocycles. The van der Waals surface area contributed by atoms with Crippen molar-refractivity contribution in [2.45, 2.75) is 38.3 Å². The number of carbonyl (C=O) groups excluding carboxylic acids is 2. The molecular weight excluding hydrogens is 292 g/mol. The monoisotopic (exact) mass is 316 g/mol. The summed E-state index contributed by atoms with van der Waals surface area (Å²) in [4.78, 5) is 26.8. The zero-order valence-corrected chi connectivity index (χ0v) is 13.4. The molecule has 3 rings (SSSR count). The highest BCUT2D eigenvalue weighted by molar-refractivity contribution is 5.86. The van der Waals surface area contributed by atoms with Crippen LogP contribution in [0.25, 0.3) is 0 Å². The fourth-order valence-electron chi connectivity index (χ4n) is 3.40. The molecule has 2 unspecified atom stereocenters. The molecule has 2 fully saturated rings. The normalized spacial score (nSPS) is 24.4. The maximum Gasteiger partial charge on any atom is 0.329 e. The van der Waals surface area contributed by atoms with Gasteiger partial charge in [-0.25, -0.2) is 4.79 Å². The summed E-state index contributed by atoms with van der Waals surface area (Å²) in [7, 11) is 0. The predicted molar refractivity (Wildman–Crippen MR) is 86.6 cm³/mol. The average molecular weight is 316 g/mol. The number of amides is 1. The molecule has 2 atom stereocenters. The van der Waals surface area contributed by atoms with Gasteiger partial charge in [0.2, 0.25) is 5.91 Å². The van der Waals surface area contributed by atoms with Crippen LogP contribution in [0.5, 0.6) is 0 Å². The summed E-state index contributed by atoms with van der Waals surface area (Å²) < 4.78 is 5.43. The summed E-state index contributed by atoms with van der Waals surface area (Å²) in [6, 6.07) is 9.22. The molecule has 1 aromatic rings. The van der Waals surface area contributed by atoms with Gasteiger partial charge < -0.3 is 15.0 Å². The lowest BCUT2D eigenvalue weighted by Crippen LogP contribution is -2.47. The van der Waals surface area contributed by atoms with Crippen molar-refractivity contribution in [3.63, 3.8) is 0 Å². The van der Waals surface area contributed by atoms with E-state index in [2.05, 4.69) is 5.32 Å². The maximum absolute atomic E-state index is 12.7. The lowest BCUT2D eigenvalue weighted by atomic mass is 9.98. The largest absolute Gasteiger partial charge is 0.459 e. The Hall–Kier alpha value is -1.88. The molecule has 5 nitrogen and oxygen atoms in total. The van der Waals surface area contributed by atoms with Gasteiger partial charge in [-0.3, -0.25) is 4.79 Å². The molecule has 124 valence electrons. The van der Waals surface area contributed by atoms with Gasteiger partial charge in [-0.15, -0.1) is 0 Å². The molecule has 2 saturated heterocycles. The van der Waals surface area contributed by atoms with Gasteiger partial charge in [0.25, 0.3) is 0 Å². The van der Waals surface area contributed by atoms with Gasteiger partial charge in [-0.1, -0.05) is 30.3 Å². The molecule has 2 aliphatic heterocycles. The molecule has 0 spiro atoms. The number of likely N-dealkylation sites (tertiary alicyclic amines) is 1. The van der Waals surface area contributed by atoms with Crippen LogP contribution in [0.1, 0.15) is 31.2 Å². The topological polar surface area (TPSA) is 58.6 Å². The molecule has 23 heavy (non-hydrogen) atoms. The van der Waals surface area contributed by atoms with Crippen LogP contribution >= 0.6 is 0 Å². The van der Waals surface area contributed by atoms with Gasteiger partial charge in [0.05, 0.1) is 5.92 Å². The highest BCUT2D eigenvalue weighted by atomic mass is 16.5. The van der Waals surface area contributed by atoms with E-state index in [1.54, 1.807) is 4.90 Å². The summed E-state index contributed by atoms with van der Waals surface area (Å²) in [6.07, 6.45) is 3.51. The van der Waals surface area contributed by atoms with Gasteiger partial charge in [0, 0.05) is 13.1 Å². The van der Waals surface area contributed by atoms with Crippen molar-refractivity contribution >= 4 is 11.9 Å². The van der Waals surface area contributed by atoms with Gasteiger partial charge in [0.1, 0.15) is 12.6 Å². The van der Waals surface area contributed by atoms with Crippen LogP contribution in [0.3, 0.4) is 0 Å². The lowest BCUT2D eigenvalue weighted by molar-refractivity contribution is -0.155. The van der Waals surface area contributed by atoms with Gasteiger partial charge >= 0.3 is 5.97 Å². The van der Waals surface area contributed by atoms with E-state index in [0.29, 0.717) is 13.0 Å². The van der Waals surface area contributed by atoms with E-state index in [1.165, 1.54) is 0 Å². The fourth-order valence-corrected chi connectivity index (χ4v) is 3.40. The smallest absolute Gasteiger partial charge is 0.329 e. The Labute approximate surface area is 137 Å². The summed E-state index contributed by atoms with van der Waals surface area (Å²) in [6.45, 7) is 2.64. The maximum atomic E-state index is 12.7. The molecule has 0 aromatic heterocycles. The van der Waals surface area contributed by atoms with Crippen molar-refractivity contribution in [2.75, 3.05) is 19.6 Å². The summed E-state index contributed by atoms with van der Waals surface area (Å²) in [5.41, 5.74) is 0.966. The highest BCUT2D eigenvalue weighted by Gasteiger charge is 2.38. The summed E-state index contributed by atoms with van der Waals surface area (Å²) >= 11 is 0. The first kappa shape index (κ1) is 16.0. The van der Waals surface area contributed by atoms with Crippen LogP contribution in [-0.4, -0.2) is 42.5 Å². The molecule has 0 radical (unpaired) electrons. The Morgan fingerprint density at radius 3 is 2.74 bits per heavy atom. The molecule has 1 aromatic carbocycles. The van der Waals surface area contributed by atoms with E-state index in [1.807, 2.05) is 30.3 Å². The summed E-state index contributed by atoms with van der Waals surface area (Å²) in [5, 5.41) is 3.27. The molecule has 0 bridgehead atoms. The van der Waals surface area contributed by atoms with E-state index in [9.17, 15) is 9.59 Å². The van der Waals surface area contributed by atoms with Crippen LogP contribution in [-0.2, 0) is 20.9 Å². The van der Waals surface area contributed by atoms with Gasteiger partial charge in [-0.05, 0) is 37.8 Å². The quantitative estimate of drug-likeness (QED) is 0.859. The van der Waals surface area contributed by atoms with Crippen LogP contribution in [0.4, 0.5) is 0 Å². The first-order chi connectivity index (χ1) is 11.3. The lowest BCUT2D eigenvalue weighted by Gasteiger charge is -2.30. The van der Waals surface area contributed by atoms with E-state index in [-0.39, 0.29) is 24.4 Å². The van der Waals surface area contributed by atoms with Crippen molar-refractivity contribution in [3.8, 4) is 0 Å². The third-order valence-electron chi connectivity index (χ3n) is 4.68. The SMILES string of the molecule is O=C(OCc1ccccc1)C1CCCN1C(=O)C1CCCNC1. The number of benzene rings is 1. The number of esters is 1. The molecule has 1 amide bonds. The van der Waals surface area contributed by atoms with Crippen molar-refractivity contribution < 1.29 is 14.3 Å². The molecule has 5 heteroatoms. The molecule has 2 heterocycles. The highest BCUT2D eigenvalue weighted by Crippen LogP contribution is 2.23. The van der Waals surface area contributed by atoms with Gasteiger partial charge in [0.15, 0.2) is 0 Å². The Morgan fingerprint density at radius 1 is 1.17 bits per heavy atom. The minimum Gasteiger partial charge on any atom is -0.459 e. The molecule has 1 N–H and O–H groups in total. The summed E-state index contributed by atoms with van der Waals surface area (Å²) in [5.74, 6) is -0.161. The third kappa shape index (κ3) is 3.91. The number of hydrogen-bond donors (Lipinski definition) is 1. The van der Waals surface area contributed by atoms with Crippen molar-refractivity contribution in [3.05, 3.63) is 35.9 Å². The van der Waals surface area contributed by atoms with Crippen molar-refractivity contribution in [1.82, 2.24) is 10.2 Å². The number of nitrogens with one attached hydrogen (secondary N) is 1. The number of ether oxygens (including phenoxy) is 1. The van der Waals surface area contributed by atoms with E-state index in [4.69, 9.17) is 4.74 Å². The zero-order valence-electron chi connectivity index (χ0n) is 13.4. The van der Waals surface area contributed by atoms with Crippen molar-refractivity contribution in [1.29, 1.82) is 0 Å². The average Bonchev–Trinajstić information content (AvgIpc) is 3.10.